The molecule has 1 amide bonds. The molecule has 0 aliphatic carbocycles. The zero-order valence-corrected chi connectivity index (χ0v) is 15.6. The number of aryl methyl sites for hydroxylation is 2. The Hall–Kier alpha value is -2.10. The van der Waals surface area contributed by atoms with Crippen LogP contribution in [0.3, 0.4) is 0 Å². The van der Waals surface area contributed by atoms with Gasteiger partial charge in [0, 0.05) is 23.8 Å². The van der Waals surface area contributed by atoms with Crippen molar-refractivity contribution in [2.45, 2.75) is 59.4 Å². The molecule has 1 aromatic heterocycles. The monoisotopic (exact) mass is 325 g/mol. The largest absolute Gasteiger partial charge is 0.310 e. The lowest BCUT2D eigenvalue weighted by atomic mass is 9.93. The van der Waals surface area contributed by atoms with Crippen molar-refractivity contribution >= 4 is 11.6 Å². The molecule has 0 spiro atoms. The molecule has 2 heterocycles. The van der Waals surface area contributed by atoms with Gasteiger partial charge in [0.05, 0.1) is 5.69 Å². The van der Waals surface area contributed by atoms with Crippen molar-refractivity contribution < 1.29 is 4.79 Å². The van der Waals surface area contributed by atoms with E-state index in [-0.39, 0.29) is 17.4 Å². The van der Waals surface area contributed by atoms with E-state index in [1.165, 1.54) is 16.7 Å². The second-order valence-electron chi connectivity index (χ2n) is 7.93. The van der Waals surface area contributed by atoms with Gasteiger partial charge in [-0.3, -0.25) is 9.48 Å². The summed E-state index contributed by atoms with van der Waals surface area (Å²) in [4.78, 5) is 14.8. The smallest absolute Gasteiger partial charge is 0.251 e. The van der Waals surface area contributed by atoms with Crippen LogP contribution in [-0.2, 0) is 10.2 Å². The minimum Gasteiger partial charge on any atom is -0.310 e. The van der Waals surface area contributed by atoms with E-state index in [1.807, 2.05) is 21.8 Å². The molecule has 1 saturated heterocycles. The molecule has 128 valence electrons. The maximum Gasteiger partial charge on any atom is 0.251 e. The van der Waals surface area contributed by atoms with Crippen molar-refractivity contribution in [3.05, 3.63) is 46.8 Å². The molecular weight excluding hydrogens is 298 g/mol. The molecule has 3 rings (SSSR count). The Morgan fingerprint density at radius 1 is 1.12 bits per heavy atom. The Kier molecular flexibility index (Phi) is 4.02. The number of aromatic nitrogens is 2. The molecular formula is C20H27N3O. The van der Waals surface area contributed by atoms with Crippen LogP contribution in [0.4, 0.5) is 5.69 Å². The Labute approximate surface area is 144 Å². The van der Waals surface area contributed by atoms with Crippen LogP contribution in [0.2, 0.25) is 0 Å². The van der Waals surface area contributed by atoms with Gasteiger partial charge in [-0.15, -0.1) is 0 Å². The molecule has 4 nitrogen and oxygen atoms in total. The lowest BCUT2D eigenvalue weighted by molar-refractivity contribution is -0.120. The number of benzene rings is 1. The van der Waals surface area contributed by atoms with E-state index in [0.717, 1.165) is 24.3 Å². The Bertz CT molecular complexity index is 759. The van der Waals surface area contributed by atoms with Crippen molar-refractivity contribution in [1.82, 2.24) is 9.78 Å². The summed E-state index contributed by atoms with van der Waals surface area (Å²) >= 11 is 0. The van der Waals surface area contributed by atoms with Crippen LogP contribution >= 0.6 is 0 Å². The predicted octanol–water partition coefficient (Wildman–Crippen LogP) is 4.08. The fourth-order valence-electron chi connectivity index (χ4n) is 3.25. The minimum atomic E-state index is -0.192. The molecule has 1 fully saturated rings. The summed E-state index contributed by atoms with van der Waals surface area (Å²) in [7, 11) is 0. The Morgan fingerprint density at radius 2 is 1.75 bits per heavy atom. The topological polar surface area (TPSA) is 38.1 Å². The standard InChI is InChI=1S/C20H27N3O/c1-13-11-16(12-14(2)15(13)3)22-9-7-17(19(22)24)23-10-8-18(21-23)20(4,5)6/h8,10-12,17H,7,9H2,1-6H3. The highest BCUT2D eigenvalue weighted by molar-refractivity contribution is 5.98. The summed E-state index contributed by atoms with van der Waals surface area (Å²) in [5, 5.41) is 4.66. The number of carbonyl (C=O) groups excluding carboxylic acids is 1. The third-order valence-corrected chi connectivity index (χ3v) is 5.10. The van der Waals surface area contributed by atoms with Gasteiger partial charge >= 0.3 is 0 Å². The molecule has 1 unspecified atom stereocenters. The van der Waals surface area contributed by atoms with Gasteiger partial charge in [0.1, 0.15) is 6.04 Å². The average Bonchev–Trinajstić information content (AvgIpc) is 3.10. The number of anilines is 1. The number of hydrogen-bond acceptors (Lipinski definition) is 2. The van der Waals surface area contributed by atoms with Crippen LogP contribution in [0.5, 0.6) is 0 Å². The molecule has 2 aromatic rings. The Balaban J connectivity index is 1.87. The molecule has 0 saturated carbocycles. The third kappa shape index (κ3) is 2.85. The molecule has 4 heteroatoms. The molecule has 1 aromatic carbocycles. The molecule has 1 aliphatic rings. The zero-order chi connectivity index (χ0) is 17.6. The third-order valence-electron chi connectivity index (χ3n) is 5.10. The highest BCUT2D eigenvalue weighted by Crippen LogP contribution is 2.31. The van der Waals surface area contributed by atoms with Crippen molar-refractivity contribution in [1.29, 1.82) is 0 Å². The van der Waals surface area contributed by atoms with E-state index >= 15 is 0 Å². The van der Waals surface area contributed by atoms with Crippen LogP contribution < -0.4 is 4.90 Å². The summed E-state index contributed by atoms with van der Waals surface area (Å²) in [6.45, 7) is 13.5. The lowest BCUT2D eigenvalue weighted by Gasteiger charge is -2.20. The van der Waals surface area contributed by atoms with E-state index in [2.05, 4.69) is 58.8 Å². The fourth-order valence-corrected chi connectivity index (χ4v) is 3.25. The maximum absolute atomic E-state index is 12.9. The van der Waals surface area contributed by atoms with Crippen molar-refractivity contribution in [3.63, 3.8) is 0 Å². The number of rotatable bonds is 2. The van der Waals surface area contributed by atoms with Gasteiger partial charge in [-0.05, 0) is 62.1 Å². The van der Waals surface area contributed by atoms with Crippen LogP contribution in [0.1, 0.15) is 55.6 Å². The van der Waals surface area contributed by atoms with Crippen molar-refractivity contribution in [2.24, 2.45) is 0 Å². The normalized spacial score (nSPS) is 18.5. The molecule has 0 N–H and O–H groups in total. The van der Waals surface area contributed by atoms with E-state index in [1.54, 1.807) is 0 Å². The van der Waals surface area contributed by atoms with Gasteiger partial charge in [-0.2, -0.15) is 5.10 Å². The highest BCUT2D eigenvalue weighted by atomic mass is 16.2. The van der Waals surface area contributed by atoms with Gasteiger partial charge in [-0.25, -0.2) is 0 Å². The molecule has 1 aliphatic heterocycles. The molecule has 0 radical (unpaired) electrons. The second kappa shape index (κ2) is 5.76. The first-order valence-electron chi connectivity index (χ1n) is 8.63. The second-order valence-corrected chi connectivity index (χ2v) is 7.93. The van der Waals surface area contributed by atoms with Crippen molar-refractivity contribution in [2.75, 3.05) is 11.4 Å². The van der Waals surface area contributed by atoms with E-state index < -0.39 is 0 Å². The van der Waals surface area contributed by atoms with Gasteiger partial charge in [0.25, 0.3) is 5.91 Å². The number of carbonyl (C=O) groups is 1. The first-order chi connectivity index (χ1) is 11.2. The van der Waals surface area contributed by atoms with Gasteiger partial charge in [0.2, 0.25) is 0 Å². The zero-order valence-electron chi connectivity index (χ0n) is 15.6. The van der Waals surface area contributed by atoms with E-state index in [9.17, 15) is 4.79 Å². The van der Waals surface area contributed by atoms with Gasteiger partial charge in [0.15, 0.2) is 0 Å². The summed E-state index contributed by atoms with van der Waals surface area (Å²) in [6, 6.07) is 6.07. The van der Waals surface area contributed by atoms with Gasteiger partial charge < -0.3 is 4.90 Å². The summed E-state index contributed by atoms with van der Waals surface area (Å²) in [5.74, 6) is 0.140. The van der Waals surface area contributed by atoms with Crippen LogP contribution in [-0.4, -0.2) is 22.2 Å². The molecule has 0 bridgehead atoms. The summed E-state index contributed by atoms with van der Waals surface area (Å²) < 4.78 is 1.84. The first kappa shape index (κ1) is 16.7. The quantitative estimate of drug-likeness (QED) is 0.834. The predicted molar refractivity (Wildman–Crippen MR) is 97.6 cm³/mol. The van der Waals surface area contributed by atoms with Crippen LogP contribution in [0, 0.1) is 20.8 Å². The average molecular weight is 325 g/mol. The summed E-state index contributed by atoms with van der Waals surface area (Å²) in [5.41, 5.74) is 5.79. The fraction of sp³-hybridized carbons (Fsp3) is 0.500. The Morgan fingerprint density at radius 3 is 2.29 bits per heavy atom. The first-order valence-corrected chi connectivity index (χ1v) is 8.63. The number of hydrogen-bond donors (Lipinski definition) is 0. The number of nitrogens with zero attached hydrogens (tertiary/aromatic N) is 3. The lowest BCUT2D eigenvalue weighted by Crippen LogP contribution is -2.29. The number of amides is 1. The van der Waals surface area contributed by atoms with Crippen LogP contribution in [0.15, 0.2) is 24.4 Å². The molecule has 24 heavy (non-hydrogen) atoms. The van der Waals surface area contributed by atoms with E-state index in [0.29, 0.717) is 0 Å². The van der Waals surface area contributed by atoms with E-state index in [4.69, 9.17) is 0 Å². The van der Waals surface area contributed by atoms with Crippen LogP contribution in [0.25, 0.3) is 0 Å². The SMILES string of the molecule is Cc1cc(N2CCC(n3ccc(C(C)(C)C)n3)C2=O)cc(C)c1C. The summed E-state index contributed by atoms with van der Waals surface area (Å²) in [6.07, 6.45) is 2.74. The van der Waals surface area contributed by atoms with Crippen molar-refractivity contribution in [3.8, 4) is 0 Å². The molecule has 1 atom stereocenters. The highest BCUT2D eigenvalue weighted by Gasteiger charge is 2.35. The van der Waals surface area contributed by atoms with Gasteiger partial charge in [-0.1, -0.05) is 20.8 Å². The minimum absolute atomic E-state index is 0.00221. The maximum atomic E-state index is 12.9.